The van der Waals surface area contributed by atoms with Crippen molar-refractivity contribution >= 4 is 33.3 Å². The summed E-state index contributed by atoms with van der Waals surface area (Å²) in [7, 11) is -3.46. The first-order valence-corrected chi connectivity index (χ1v) is 9.08. The molecule has 0 aliphatic carbocycles. The number of nitrogens with one attached hydrogen (secondary N) is 1. The minimum atomic E-state index is -3.46. The number of carbonyl (C=O) groups is 2. The summed E-state index contributed by atoms with van der Waals surface area (Å²) >= 11 is 1.18. The first-order chi connectivity index (χ1) is 10.4. The monoisotopic (exact) mass is 346 g/mol. The fourth-order valence-corrected chi connectivity index (χ4v) is 4.73. The fourth-order valence-electron chi connectivity index (χ4n) is 2.17. The van der Waals surface area contributed by atoms with E-state index >= 15 is 0 Å². The molecule has 1 fully saturated rings. The average molecular weight is 346 g/mol. The van der Waals surface area contributed by atoms with Gasteiger partial charge in [-0.15, -0.1) is 11.3 Å². The Morgan fingerprint density at radius 3 is 2.50 bits per heavy atom. The molecule has 1 aromatic heterocycles. The van der Waals surface area contributed by atoms with Gasteiger partial charge >= 0.3 is 6.03 Å². The maximum atomic E-state index is 12.3. The Bertz CT molecular complexity index is 622. The van der Waals surface area contributed by atoms with Crippen LogP contribution in [-0.2, 0) is 14.8 Å². The summed E-state index contributed by atoms with van der Waals surface area (Å²) in [6.45, 7) is 1.42. The van der Waals surface area contributed by atoms with Crippen LogP contribution in [0.5, 0.6) is 0 Å². The first kappa shape index (κ1) is 16.7. The summed E-state index contributed by atoms with van der Waals surface area (Å²) in [6.07, 6.45) is 0.153. The lowest BCUT2D eigenvalue weighted by Gasteiger charge is -2.33. The third-order valence-electron chi connectivity index (χ3n) is 3.32. The molecule has 8 nitrogen and oxygen atoms in total. The molecule has 0 saturated carbocycles. The van der Waals surface area contributed by atoms with Gasteiger partial charge in [-0.1, -0.05) is 6.07 Å². The number of thiophene rings is 1. The Morgan fingerprint density at radius 2 is 1.95 bits per heavy atom. The van der Waals surface area contributed by atoms with Crippen LogP contribution in [0.15, 0.2) is 21.7 Å². The minimum absolute atomic E-state index is 0.123. The molecule has 0 atom stereocenters. The Morgan fingerprint density at radius 1 is 1.27 bits per heavy atom. The zero-order chi connectivity index (χ0) is 16.2. The minimum Gasteiger partial charge on any atom is -0.352 e. The molecule has 0 unspecified atom stereocenters. The van der Waals surface area contributed by atoms with E-state index in [1.165, 1.54) is 15.6 Å². The van der Waals surface area contributed by atoms with Gasteiger partial charge in [0.25, 0.3) is 10.0 Å². The Hall–Kier alpha value is -1.65. The number of primary amides is 1. The van der Waals surface area contributed by atoms with Crippen molar-refractivity contribution in [2.24, 2.45) is 5.73 Å². The molecule has 10 heteroatoms. The summed E-state index contributed by atoms with van der Waals surface area (Å²) in [5, 5.41) is 4.07. The number of nitrogens with two attached hydrogens (primary N) is 1. The normalized spacial score (nSPS) is 16.5. The van der Waals surface area contributed by atoms with Crippen molar-refractivity contribution in [3.05, 3.63) is 17.5 Å². The topological polar surface area (TPSA) is 113 Å². The lowest BCUT2D eigenvalue weighted by atomic mass is 10.3. The summed E-state index contributed by atoms with van der Waals surface area (Å²) < 4.78 is 26.4. The van der Waals surface area contributed by atoms with Gasteiger partial charge in [0.2, 0.25) is 5.91 Å². The molecule has 2 rings (SSSR count). The third kappa shape index (κ3) is 3.96. The molecule has 1 aliphatic heterocycles. The maximum Gasteiger partial charge on any atom is 0.312 e. The van der Waals surface area contributed by atoms with E-state index in [1.54, 1.807) is 22.4 Å². The van der Waals surface area contributed by atoms with Crippen molar-refractivity contribution < 1.29 is 18.0 Å². The molecular weight excluding hydrogens is 328 g/mol. The van der Waals surface area contributed by atoms with Crippen molar-refractivity contribution in [1.82, 2.24) is 14.5 Å². The van der Waals surface area contributed by atoms with E-state index in [0.29, 0.717) is 17.3 Å². The van der Waals surface area contributed by atoms with E-state index < -0.39 is 16.1 Å². The van der Waals surface area contributed by atoms with E-state index in [-0.39, 0.29) is 32.0 Å². The number of rotatable bonds is 5. The highest BCUT2D eigenvalue weighted by molar-refractivity contribution is 7.91. The van der Waals surface area contributed by atoms with E-state index in [2.05, 4.69) is 5.32 Å². The van der Waals surface area contributed by atoms with Crippen LogP contribution in [0.4, 0.5) is 4.79 Å². The highest BCUT2D eigenvalue weighted by Gasteiger charge is 2.30. The number of urea groups is 1. The Balaban J connectivity index is 1.85. The lowest BCUT2D eigenvalue weighted by molar-refractivity contribution is -0.132. The van der Waals surface area contributed by atoms with Gasteiger partial charge in [0.15, 0.2) is 0 Å². The van der Waals surface area contributed by atoms with Crippen LogP contribution in [0.3, 0.4) is 0 Å². The Kier molecular flexibility index (Phi) is 5.37. The molecule has 0 aromatic carbocycles. The van der Waals surface area contributed by atoms with E-state index in [1.807, 2.05) is 0 Å². The maximum absolute atomic E-state index is 12.3. The number of hydrogen-bond acceptors (Lipinski definition) is 5. The van der Waals surface area contributed by atoms with Gasteiger partial charge in [-0.25, -0.2) is 13.2 Å². The Labute approximate surface area is 132 Å². The van der Waals surface area contributed by atoms with Crippen molar-refractivity contribution in [2.45, 2.75) is 10.6 Å². The van der Waals surface area contributed by atoms with E-state index in [0.717, 1.165) is 0 Å². The number of sulfonamides is 1. The summed E-state index contributed by atoms with van der Waals surface area (Å²) in [6, 6.07) is 2.61. The lowest BCUT2D eigenvalue weighted by Crippen LogP contribution is -2.50. The molecule has 122 valence electrons. The molecule has 0 bridgehead atoms. The smallest absolute Gasteiger partial charge is 0.312 e. The highest BCUT2D eigenvalue weighted by atomic mass is 32.2. The number of piperazine rings is 1. The molecule has 3 N–H and O–H groups in total. The SMILES string of the molecule is NC(=O)NCCC(=O)N1CCN(S(=O)(=O)c2cccs2)CC1. The zero-order valence-corrected chi connectivity index (χ0v) is 13.5. The summed E-state index contributed by atoms with van der Waals surface area (Å²) in [4.78, 5) is 24.1. The van der Waals surface area contributed by atoms with Crippen molar-refractivity contribution in [3.8, 4) is 0 Å². The van der Waals surface area contributed by atoms with Gasteiger partial charge in [0.1, 0.15) is 4.21 Å². The van der Waals surface area contributed by atoms with Crippen molar-refractivity contribution in [3.63, 3.8) is 0 Å². The second-order valence-corrected chi connectivity index (χ2v) is 7.87. The predicted octanol–water partition coefficient (Wildman–Crippen LogP) is -0.361. The van der Waals surface area contributed by atoms with Crippen LogP contribution in [-0.4, -0.2) is 62.3 Å². The van der Waals surface area contributed by atoms with Gasteiger partial charge in [0.05, 0.1) is 0 Å². The van der Waals surface area contributed by atoms with Gasteiger partial charge in [-0.3, -0.25) is 4.79 Å². The molecule has 1 aromatic rings. The first-order valence-electron chi connectivity index (χ1n) is 6.76. The van der Waals surface area contributed by atoms with Crippen LogP contribution in [0, 0.1) is 0 Å². The van der Waals surface area contributed by atoms with E-state index in [9.17, 15) is 18.0 Å². The molecule has 2 heterocycles. The summed E-state index contributed by atoms with van der Waals surface area (Å²) in [5.41, 5.74) is 4.92. The standard InChI is InChI=1S/C12H18N4O4S2/c13-12(18)14-4-3-10(17)15-5-7-16(8-6-15)22(19,20)11-2-1-9-21-11/h1-2,9H,3-8H2,(H3,13,14,18). The zero-order valence-electron chi connectivity index (χ0n) is 11.9. The number of hydrogen-bond donors (Lipinski definition) is 2. The number of amides is 3. The molecule has 0 spiro atoms. The van der Waals surface area contributed by atoms with Crippen molar-refractivity contribution in [1.29, 1.82) is 0 Å². The van der Waals surface area contributed by atoms with Crippen LogP contribution < -0.4 is 11.1 Å². The second kappa shape index (κ2) is 7.07. The quantitative estimate of drug-likeness (QED) is 0.758. The van der Waals surface area contributed by atoms with Gasteiger partial charge in [0, 0.05) is 39.1 Å². The third-order valence-corrected chi connectivity index (χ3v) is 6.59. The molecule has 1 saturated heterocycles. The molecule has 0 radical (unpaired) electrons. The van der Waals surface area contributed by atoms with Gasteiger partial charge in [-0.2, -0.15) is 4.31 Å². The van der Waals surface area contributed by atoms with Gasteiger partial charge < -0.3 is 16.0 Å². The van der Waals surface area contributed by atoms with Gasteiger partial charge in [-0.05, 0) is 11.4 Å². The average Bonchev–Trinajstić information content (AvgIpc) is 3.02. The van der Waals surface area contributed by atoms with Crippen LogP contribution in [0.1, 0.15) is 6.42 Å². The summed E-state index contributed by atoms with van der Waals surface area (Å²) in [5.74, 6) is -0.123. The fraction of sp³-hybridized carbons (Fsp3) is 0.500. The largest absolute Gasteiger partial charge is 0.352 e. The molecule has 22 heavy (non-hydrogen) atoms. The molecule has 3 amide bonds. The van der Waals surface area contributed by atoms with Crippen molar-refractivity contribution in [2.75, 3.05) is 32.7 Å². The number of nitrogens with zero attached hydrogens (tertiary/aromatic N) is 2. The molecular formula is C12H18N4O4S2. The van der Waals surface area contributed by atoms with Crippen LogP contribution >= 0.6 is 11.3 Å². The highest BCUT2D eigenvalue weighted by Crippen LogP contribution is 2.22. The predicted molar refractivity (Wildman–Crippen MR) is 81.9 cm³/mol. The number of carbonyl (C=O) groups excluding carboxylic acids is 2. The van der Waals surface area contributed by atoms with E-state index in [4.69, 9.17) is 5.73 Å². The van der Waals surface area contributed by atoms with Crippen LogP contribution in [0.25, 0.3) is 0 Å². The molecule has 1 aliphatic rings. The van der Waals surface area contributed by atoms with Crippen LogP contribution in [0.2, 0.25) is 0 Å². The second-order valence-electron chi connectivity index (χ2n) is 4.76.